The molecule has 0 aliphatic heterocycles. The topological polar surface area (TPSA) is 19.6 Å². The molecule has 0 bridgehead atoms. The molecule has 2 aromatic heterocycles. The highest BCUT2D eigenvalue weighted by Gasteiger charge is 2.26. The highest BCUT2D eigenvalue weighted by Crippen LogP contribution is 2.49. The second-order valence-electron chi connectivity index (χ2n) is 12.8. The summed E-state index contributed by atoms with van der Waals surface area (Å²) in [6.45, 7) is 0. The standard InChI is InChI=1S/C46H32N2OS/c1-4-15-32(16-5-1)47(33-17-6-2-7-18-33)36-28-40(46-42(29-36)49-41-27-24-31-14-10-11-21-37(31)45(41)46)48(34-19-8-3-9-20-34)35-25-26-39-38-22-12-13-23-43(38)50-44(39)30-35/h1-9,11-13,15-30H,10,14H2. The van der Waals surface area contributed by atoms with Crippen LogP contribution in [0.1, 0.15) is 17.5 Å². The summed E-state index contributed by atoms with van der Waals surface area (Å²) in [6.07, 6.45) is 6.68. The zero-order chi connectivity index (χ0) is 33.0. The van der Waals surface area contributed by atoms with Crippen LogP contribution >= 0.6 is 11.3 Å². The largest absolute Gasteiger partial charge is 0.456 e. The summed E-state index contributed by atoms with van der Waals surface area (Å²) in [5.41, 5.74) is 10.9. The number of hydrogen-bond donors (Lipinski definition) is 0. The second kappa shape index (κ2) is 11.8. The van der Waals surface area contributed by atoms with Crippen molar-refractivity contribution in [3.63, 3.8) is 0 Å². The van der Waals surface area contributed by atoms with E-state index < -0.39 is 0 Å². The molecule has 0 unspecified atom stereocenters. The van der Waals surface area contributed by atoms with Crippen LogP contribution < -0.4 is 9.80 Å². The van der Waals surface area contributed by atoms with E-state index in [2.05, 4.69) is 180 Å². The van der Waals surface area contributed by atoms with E-state index in [4.69, 9.17) is 4.42 Å². The van der Waals surface area contributed by atoms with Crippen molar-refractivity contribution in [2.45, 2.75) is 12.8 Å². The first-order valence-electron chi connectivity index (χ1n) is 17.2. The van der Waals surface area contributed by atoms with Gasteiger partial charge in [-0.15, -0.1) is 11.3 Å². The smallest absolute Gasteiger partial charge is 0.139 e. The van der Waals surface area contributed by atoms with Gasteiger partial charge in [0.25, 0.3) is 0 Å². The molecule has 50 heavy (non-hydrogen) atoms. The average Bonchev–Trinajstić information content (AvgIpc) is 3.75. The maximum Gasteiger partial charge on any atom is 0.139 e. The lowest BCUT2D eigenvalue weighted by Crippen LogP contribution is -2.13. The normalized spacial score (nSPS) is 12.6. The van der Waals surface area contributed by atoms with Gasteiger partial charge in [0.05, 0.1) is 16.8 Å². The fourth-order valence-corrected chi connectivity index (χ4v) is 8.77. The van der Waals surface area contributed by atoms with Crippen molar-refractivity contribution in [3.05, 3.63) is 175 Å². The molecule has 0 saturated carbocycles. The molecule has 7 aromatic carbocycles. The number of rotatable bonds is 6. The Morgan fingerprint density at radius 2 is 1.14 bits per heavy atom. The highest BCUT2D eigenvalue weighted by molar-refractivity contribution is 7.25. The van der Waals surface area contributed by atoms with E-state index in [0.717, 1.165) is 63.5 Å². The van der Waals surface area contributed by atoms with Crippen LogP contribution in [0.3, 0.4) is 0 Å². The minimum atomic E-state index is 0.862. The van der Waals surface area contributed by atoms with E-state index in [9.17, 15) is 0 Å². The second-order valence-corrected chi connectivity index (χ2v) is 13.9. The third-order valence-electron chi connectivity index (χ3n) is 9.86. The monoisotopic (exact) mass is 660 g/mol. The minimum absolute atomic E-state index is 0.862. The number of para-hydroxylation sites is 3. The van der Waals surface area contributed by atoms with Gasteiger partial charge in [-0.1, -0.05) is 97.1 Å². The van der Waals surface area contributed by atoms with Gasteiger partial charge < -0.3 is 14.2 Å². The van der Waals surface area contributed by atoms with Gasteiger partial charge in [0.1, 0.15) is 11.2 Å². The number of allylic oxidation sites excluding steroid dienone is 1. The Hall–Kier alpha value is -6.10. The SMILES string of the molecule is C1=Cc2c(ccc3oc4cc(N(c5ccccc5)c5ccccc5)cc(N(c5ccccc5)c5ccc6c(c5)sc5ccccc56)c4c23)CC1. The zero-order valence-electron chi connectivity index (χ0n) is 27.3. The van der Waals surface area contributed by atoms with E-state index in [-0.39, 0.29) is 0 Å². The molecular formula is C46H32N2OS. The van der Waals surface area contributed by atoms with Gasteiger partial charge >= 0.3 is 0 Å². The Kier molecular flexibility index (Phi) is 6.81. The molecule has 3 nitrogen and oxygen atoms in total. The summed E-state index contributed by atoms with van der Waals surface area (Å²) >= 11 is 1.85. The van der Waals surface area contributed by atoms with Crippen molar-refractivity contribution in [1.29, 1.82) is 0 Å². The molecule has 0 radical (unpaired) electrons. The Morgan fingerprint density at radius 1 is 0.480 bits per heavy atom. The van der Waals surface area contributed by atoms with Gasteiger partial charge in [0.15, 0.2) is 0 Å². The zero-order valence-corrected chi connectivity index (χ0v) is 28.1. The maximum atomic E-state index is 6.87. The predicted molar refractivity (Wildman–Crippen MR) is 213 cm³/mol. The summed E-state index contributed by atoms with van der Waals surface area (Å²) in [5.74, 6) is 0. The number of thiophene rings is 1. The lowest BCUT2D eigenvalue weighted by molar-refractivity contribution is 0.668. The molecule has 0 saturated heterocycles. The van der Waals surface area contributed by atoms with Crippen molar-refractivity contribution in [1.82, 2.24) is 0 Å². The Bertz CT molecular complexity index is 2670. The third kappa shape index (κ3) is 4.72. The van der Waals surface area contributed by atoms with Crippen LogP contribution in [0, 0.1) is 0 Å². The van der Waals surface area contributed by atoms with Gasteiger partial charge in [0.2, 0.25) is 0 Å². The Morgan fingerprint density at radius 3 is 1.88 bits per heavy atom. The molecular weight excluding hydrogens is 629 g/mol. The molecule has 4 heteroatoms. The van der Waals surface area contributed by atoms with Crippen LogP contribution in [0.25, 0.3) is 48.2 Å². The van der Waals surface area contributed by atoms with E-state index in [0.29, 0.717) is 0 Å². The summed E-state index contributed by atoms with van der Waals surface area (Å²) in [5, 5.41) is 4.88. The molecule has 10 rings (SSSR count). The lowest BCUT2D eigenvalue weighted by atomic mass is 9.92. The molecule has 0 fully saturated rings. The number of furan rings is 1. The quantitative estimate of drug-likeness (QED) is 0.177. The van der Waals surface area contributed by atoms with Crippen molar-refractivity contribution in [2.24, 2.45) is 0 Å². The van der Waals surface area contributed by atoms with Crippen LogP contribution in [-0.2, 0) is 6.42 Å². The van der Waals surface area contributed by atoms with E-state index >= 15 is 0 Å². The van der Waals surface area contributed by atoms with Crippen molar-refractivity contribution in [2.75, 3.05) is 9.80 Å². The Balaban J connectivity index is 1.31. The van der Waals surface area contributed by atoms with Gasteiger partial charge in [0, 0.05) is 54.4 Å². The van der Waals surface area contributed by atoms with Crippen LogP contribution in [-0.4, -0.2) is 0 Å². The fourth-order valence-electron chi connectivity index (χ4n) is 7.64. The van der Waals surface area contributed by atoms with E-state index in [1.54, 1.807) is 0 Å². The number of anilines is 6. The summed E-state index contributed by atoms with van der Waals surface area (Å²) in [7, 11) is 0. The summed E-state index contributed by atoms with van der Waals surface area (Å²) in [4.78, 5) is 4.74. The highest BCUT2D eigenvalue weighted by atomic mass is 32.1. The first-order chi connectivity index (χ1) is 24.8. The number of hydrogen-bond acceptors (Lipinski definition) is 4. The van der Waals surface area contributed by atoms with Crippen LogP contribution in [0.15, 0.2) is 168 Å². The number of aryl methyl sites for hydroxylation is 1. The molecule has 1 aliphatic rings. The Labute approximate surface area is 294 Å². The molecule has 238 valence electrons. The van der Waals surface area contributed by atoms with Gasteiger partial charge in [-0.05, 0) is 90.7 Å². The first kappa shape index (κ1) is 28.9. The summed E-state index contributed by atoms with van der Waals surface area (Å²) in [6, 6.07) is 56.6. The number of fused-ring (bicyclic) bond motifs is 8. The predicted octanol–water partition coefficient (Wildman–Crippen LogP) is 13.9. The van der Waals surface area contributed by atoms with Gasteiger partial charge in [-0.25, -0.2) is 0 Å². The molecule has 9 aromatic rings. The van der Waals surface area contributed by atoms with E-state index in [1.165, 1.54) is 36.7 Å². The van der Waals surface area contributed by atoms with Gasteiger partial charge in [-0.2, -0.15) is 0 Å². The molecule has 0 atom stereocenters. The van der Waals surface area contributed by atoms with Gasteiger partial charge in [-0.3, -0.25) is 0 Å². The first-order valence-corrected chi connectivity index (χ1v) is 18.0. The molecule has 0 N–H and O–H groups in total. The third-order valence-corrected chi connectivity index (χ3v) is 11.0. The van der Waals surface area contributed by atoms with Crippen molar-refractivity contribution < 1.29 is 4.42 Å². The number of benzene rings is 7. The van der Waals surface area contributed by atoms with Crippen molar-refractivity contribution in [3.8, 4) is 0 Å². The van der Waals surface area contributed by atoms with Crippen LogP contribution in [0.2, 0.25) is 0 Å². The summed E-state index contributed by atoms with van der Waals surface area (Å²) < 4.78 is 9.44. The van der Waals surface area contributed by atoms with Crippen molar-refractivity contribution >= 4 is 93.6 Å². The molecule has 0 amide bonds. The lowest BCUT2D eigenvalue weighted by Gasteiger charge is -2.30. The van der Waals surface area contributed by atoms with Crippen LogP contribution in [0.5, 0.6) is 0 Å². The molecule has 1 aliphatic carbocycles. The minimum Gasteiger partial charge on any atom is -0.456 e. The maximum absolute atomic E-state index is 6.87. The van der Waals surface area contributed by atoms with E-state index in [1.807, 2.05) is 11.3 Å². The average molecular weight is 661 g/mol. The number of nitrogens with zero attached hydrogens (tertiary/aromatic N) is 2. The fraction of sp³-hybridized carbons (Fsp3) is 0.0435. The van der Waals surface area contributed by atoms with Crippen LogP contribution in [0.4, 0.5) is 34.1 Å². The molecule has 2 heterocycles. The molecule has 0 spiro atoms.